The number of halogens is 3. The number of H-pyrrole nitrogens is 1. The number of alkyl halides is 3. The summed E-state index contributed by atoms with van der Waals surface area (Å²) in [5.74, 6) is 0.309. The van der Waals surface area contributed by atoms with E-state index in [-0.39, 0.29) is 5.41 Å². The molecular weight excluding hydrogens is 413 g/mol. The molecule has 5 rings (SSSR count). The zero-order chi connectivity index (χ0) is 21.6. The molecule has 160 valence electrons. The molecule has 0 radical (unpaired) electrons. The molecular formula is C20H17F3N6O2. The fourth-order valence-electron chi connectivity index (χ4n) is 3.78. The standard InChI is InChI=1S/C20H17F3N6O2/c1-29-11-25-27-16(29)7-19(9-30-10-19)13-4-2-3-12(5-13)18-14-6-17(31-20(21,22)23)24-8-15(14)26-28-18/h2-6,8,11H,7,9-10H2,1H3,(H,26,28). The van der Waals surface area contributed by atoms with Crippen LogP contribution in [0.25, 0.3) is 22.2 Å². The SMILES string of the molecule is Cn1cnnc1CC1(c2cccc(-c3n[nH]c4cnc(OC(F)(F)F)cc34)c2)COC1. The van der Waals surface area contributed by atoms with Crippen LogP contribution in [0.15, 0.2) is 42.9 Å². The summed E-state index contributed by atoms with van der Waals surface area (Å²) in [5, 5.41) is 15.7. The molecule has 0 spiro atoms. The third kappa shape index (κ3) is 3.61. The number of nitrogens with one attached hydrogen (secondary N) is 1. The molecule has 0 atom stereocenters. The zero-order valence-corrected chi connectivity index (χ0v) is 16.3. The number of ether oxygens (including phenoxy) is 2. The number of hydrogen-bond acceptors (Lipinski definition) is 6. The molecule has 1 N–H and O–H groups in total. The molecule has 1 aliphatic rings. The maximum atomic E-state index is 12.6. The second-order valence-corrected chi connectivity index (χ2v) is 7.58. The van der Waals surface area contributed by atoms with Crippen molar-refractivity contribution in [3.8, 4) is 17.1 Å². The average molecular weight is 430 g/mol. The first-order valence-corrected chi connectivity index (χ1v) is 9.44. The van der Waals surface area contributed by atoms with Crippen LogP contribution in [-0.2, 0) is 23.6 Å². The Morgan fingerprint density at radius 3 is 2.77 bits per heavy atom. The van der Waals surface area contributed by atoms with E-state index in [1.807, 2.05) is 35.9 Å². The average Bonchev–Trinajstić information content (AvgIpc) is 3.29. The molecule has 0 amide bonds. The quantitative estimate of drug-likeness (QED) is 0.523. The lowest BCUT2D eigenvalue weighted by Crippen LogP contribution is -2.49. The van der Waals surface area contributed by atoms with Crippen molar-refractivity contribution in [3.63, 3.8) is 0 Å². The number of benzene rings is 1. The summed E-state index contributed by atoms with van der Waals surface area (Å²) in [6, 6.07) is 8.99. The summed E-state index contributed by atoms with van der Waals surface area (Å²) >= 11 is 0. The number of aryl methyl sites for hydroxylation is 1. The molecule has 31 heavy (non-hydrogen) atoms. The third-order valence-corrected chi connectivity index (χ3v) is 5.45. The Hall–Kier alpha value is -3.47. The minimum atomic E-state index is -4.82. The Morgan fingerprint density at radius 2 is 2.10 bits per heavy atom. The second-order valence-electron chi connectivity index (χ2n) is 7.58. The van der Waals surface area contributed by atoms with Gasteiger partial charge in [-0.3, -0.25) is 5.10 Å². The minimum Gasteiger partial charge on any atom is -0.388 e. The highest BCUT2D eigenvalue weighted by atomic mass is 19.4. The molecule has 0 saturated carbocycles. The molecule has 8 nitrogen and oxygen atoms in total. The number of aromatic nitrogens is 6. The van der Waals surface area contributed by atoms with E-state index in [0.29, 0.717) is 36.2 Å². The Kier molecular flexibility index (Phi) is 4.43. The van der Waals surface area contributed by atoms with Gasteiger partial charge in [-0.1, -0.05) is 18.2 Å². The lowest BCUT2D eigenvalue weighted by molar-refractivity contribution is -0.276. The number of rotatable bonds is 5. The number of fused-ring (bicyclic) bond motifs is 1. The summed E-state index contributed by atoms with van der Waals surface area (Å²) in [5.41, 5.74) is 2.57. The smallest absolute Gasteiger partial charge is 0.388 e. The molecule has 11 heteroatoms. The fraction of sp³-hybridized carbons (Fsp3) is 0.300. The van der Waals surface area contributed by atoms with Gasteiger partial charge in [0.05, 0.1) is 24.9 Å². The molecule has 4 aromatic rings. The van der Waals surface area contributed by atoms with Crippen molar-refractivity contribution in [3.05, 3.63) is 54.2 Å². The highest BCUT2D eigenvalue weighted by Crippen LogP contribution is 2.38. The molecule has 1 aromatic carbocycles. The van der Waals surface area contributed by atoms with Crippen LogP contribution in [0.3, 0.4) is 0 Å². The monoisotopic (exact) mass is 430 g/mol. The van der Waals surface area contributed by atoms with Gasteiger partial charge < -0.3 is 14.0 Å². The first-order chi connectivity index (χ1) is 14.8. The van der Waals surface area contributed by atoms with E-state index in [1.165, 1.54) is 12.3 Å². The third-order valence-electron chi connectivity index (χ3n) is 5.45. The van der Waals surface area contributed by atoms with Crippen LogP contribution in [0.1, 0.15) is 11.4 Å². The van der Waals surface area contributed by atoms with Gasteiger partial charge in [0.25, 0.3) is 0 Å². The van der Waals surface area contributed by atoms with Crippen molar-refractivity contribution < 1.29 is 22.6 Å². The molecule has 0 bridgehead atoms. The number of pyridine rings is 1. The van der Waals surface area contributed by atoms with Crippen molar-refractivity contribution in [1.82, 2.24) is 29.9 Å². The number of hydrogen-bond donors (Lipinski definition) is 1. The van der Waals surface area contributed by atoms with Gasteiger partial charge in [-0.25, -0.2) is 4.98 Å². The van der Waals surface area contributed by atoms with E-state index >= 15 is 0 Å². The van der Waals surface area contributed by atoms with Gasteiger partial charge in [-0.2, -0.15) is 5.10 Å². The molecule has 0 aliphatic carbocycles. The summed E-state index contributed by atoms with van der Waals surface area (Å²) in [4.78, 5) is 3.68. The van der Waals surface area contributed by atoms with Gasteiger partial charge >= 0.3 is 6.36 Å². The van der Waals surface area contributed by atoms with Crippen LogP contribution < -0.4 is 4.74 Å². The van der Waals surface area contributed by atoms with Gasteiger partial charge in [0.1, 0.15) is 17.8 Å². The predicted molar refractivity (Wildman–Crippen MR) is 103 cm³/mol. The topological polar surface area (TPSA) is 90.7 Å². The second kappa shape index (κ2) is 7.05. The normalized spacial score (nSPS) is 15.7. The summed E-state index contributed by atoms with van der Waals surface area (Å²) < 4.78 is 49.2. The number of aromatic amines is 1. The maximum Gasteiger partial charge on any atom is 0.574 e. The molecule has 0 unspecified atom stereocenters. The maximum absolute atomic E-state index is 12.6. The van der Waals surface area contributed by atoms with E-state index in [0.717, 1.165) is 17.0 Å². The van der Waals surface area contributed by atoms with Crippen molar-refractivity contribution in [1.29, 1.82) is 0 Å². The molecule has 4 heterocycles. The van der Waals surface area contributed by atoms with Crippen LogP contribution in [0.4, 0.5) is 13.2 Å². The first kappa shape index (κ1) is 19.5. The Labute approximate surface area is 174 Å². The van der Waals surface area contributed by atoms with Crippen LogP contribution >= 0.6 is 0 Å². The highest BCUT2D eigenvalue weighted by Gasteiger charge is 2.42. The fourth-order valence-corrected chi connectivity index (χ4v) is 3.78. The van der Waals surface area contributed by atoms with Gasteiger partial charge in [0.2, 0.25) is 5.88 Å². The Balaban J connectivity index is 1.52. The van der Waals surface area contributed by atoms with Gasteiger partial charge in [0, 0.05) is 35.9 Å². The van der Waals surface area contributed by atoms with Gasteiger partial charge in [0.15, 0.2) is 0 Å². The summed E-state index contributed by atoms with van der Waals surface area (Å²) in [6.45, 7) is 1.08. The summed E-state index contributed by atoms with van der Waals surface area (Å²) in [6.07, 6.45) is -1.24. The molecule has 1 saturated heterocycles. The van der Waals surface area contributed by atoms with Crippen molar-refractivity contribution in [2.24, 2.45) is 7.05 Å². The minimum absolute atomic E-state index is 0.255. The van der Waals surface area contributed by atoms with E-state index in [4.69, 9.17) is 4.74 Å². The van der Waals surface area contributed by atoms with E-state index in [2.05, 4.69) is 30.1 Å². The first-order valence-electron chi connectivity index (χ1n) is 9.44. The summed E-state index contributed by atoms with van der Waals surface area (Å²) in [7, 11) is 1.89. The Bertz CT molecular complexity index is 1250. The number of nitrogens with zero attached hydrogens (tertiary/aromatic N) is 5. The van der Waals surface area contributed by atoms with Crippen LogP contribution in [0.5, 0.6) is 5.88 Å². The van der Waals surface area contributed by atoms with Crippen LogP contribution in [0, 0.1) is 0 Å². The lowest BCUT2D eigenvalue weighted by atomic mass is 9.75. The van der Waals surface area contributed by atoms with E-state index < -0.39 is 12.2 Å². The van der Waals surface area contributed by atoms with E-state index in [1.54, 1.807) is 6.33 Å². The highest BCUT2D eigenvalue weighted by molar-refractivity contribution is 5.93. The Morgan fingerprint density at radius 1 is 1.26 bits per heavy atom. The van der Waals surface area contributed by atoms with Crippen molar-refractivity contribution in [2.75, 3.05) is 13.2 Å². The van der Waals surface area contributed by atoms with Crippen molar-refractivity contribution in [2.45, 2.75) is 18.2 Å². The molecule has 3 aromatic heterocycles. The van der Waals surface area contributed by atoms with Crippen molar-refractivity contribution >= 4 is 10.9 Å². The predicted octanol–water partition coefficient (Wildman–Crippen LogP) is 3.16. The van der Waals surface area contributed by atoms with Gasteiger partial charge in [-0.15, -0.1) is 23.4 Å². The van der Waals surface area contributed by atoms with Crippen LogP contribution in [0.2, 0.25) is 0 Å². The zero-order valence-electron chi connectivity index (χ0n) is 16.3. The van der Waals surface area contributed by atoms with E-state index in [9.17, 15) is 13.2 Å². The molecule has 1 fully saturated rings. The lowest BCUT2D eigenvalue weighted by Gasteiger charge is -2.41. The van der Waals surface area contributed by atoms with Gasteiger partial charge in [-0.05, 0) is 11.6 Å². The van der Waals surface area contributed by atoms with Crippen LogP contribution in [-0.4, -0.2) is 49.5 Å². The molecule has 1 aliphatic heterocycles. The largest absolute Gasteiger partial charge is 0.574 e.